The fourth-order valence-electron chi connectivity index (χ4n) is 2.64. The predicted molar refractivity (Wildman–Crippen MR) is 69.8 cm³/mol. The molecule has 3 heteroatoms. The SMILES string of the molecule is CCN1c2ccc(OC)cc2CC1C(C)(C)O. The quantitative estimate of drug-likeness (QED) is 0.872. The van der Waals surface area contributed by atoms with Gasteiger partial charge in [0.25, 0.3) is 0 Å². The monoisotopic (exact) mass is 235 g/mol. The van der Waals surface area contributed by atoms with Crippen LogP contribution in [-0.2, 0) is 6.42 Å². The first kappa shape index (κ1) is 12.2. The van der Waals surface area contributed by atoms with Crippen LogP contribution in [0.4, 0.5) is 5.69 Å². The fourth-order valence-corrected chi connectivity index (χ4v) is 2.64. The molecular formula is C14H21NO2. The summed E-state index contributed by atoms with van der Waals surface area (Å²) in [5, 5.41) is 10.2. The van der Waals surface area contributed by atoms with Crippen LogP contribution in [0.15, 0.2) is 18.2 Å². The number of anilines is 1. The first-order valence-electron chi connectivity index (χ1n) is 6.13. The number of hydrogen-bond acceptors (Lipinski definition) is 3. The molecule has 1 aromatic carbocycles. The van der Waals surface area contributed by atoms with E-state index in [0.717, 1.165) is 18.7 Å². The second kappa shape index (κ2) is 4.22. The van der Waals surface area contributed by atoms with E-state index in [4.69, 9.17) is 4.74 Å². The third kappa shape index (κ3) is 2.12. The molecule has 1 atom stereocenters. The molecule has 0 amide bonds. The molecule has 0 fully saturated rings. The van der Waals surface area contributed by atoms with Gasteiger partial charge < -0.3 is 14.7 Å². The summed E-state index contributed by atoms with van der Waals surface area (Å²) < 4.78 is 5.25. The van der Waals surface area contributed by atoms with Crippen molar-refractivity contribution in [2.24, 2.45) is 0 Å². The molecule has 1 unspecified atom stereocenters. The van der Waals surface area contributed by atoms with Crippen LogP contribution in [0, 0.1) is 0 Å². The van der Waals surface area contributed by atoms with Crippen molar-refractivity contribution in [2.45, 2.75) is 38.8 Å². The molecule has 0 spiro atoms. The summed E-state index contributed by atoms with van der Waals surface area (Å²) in [6.45, 7) is 6.79. The van der Waals surface area contributed by atoms with Crippen molar-refractivity contribution in [1.29, 1.82) is 0 Å². The highest BCUT2D eigenvalue weighted by atomic mass is 16.5. The minimum absolute atomic E-state index is 0.148. The van der Waals surface area contributed by atoms with Crippen molar-refractivity contribution in [3.63, 3.8) is 0 Å². The van der Waals surface area contributed by atoms with Gasteiger partial charge in [-0.1, -0.05) is 0 Å². The van der Waals surface area contributed by atoms with Gasteiger partial charge in [-0.25, -0.2) is 0 Å². The molecular weight excluding hydrogens is 214 g/mol. The topological polar surface area (TPSA) is 32.7 Å². The zero-order chi connectivity index (χ0) is 12.6. The molecule has 1 heterocycles. The Morgan fingerprint density at radius 1 is 1.47 bits per heavy atom. The molecule has 0 radical (unpaired) electrons. The Kier molecular flexibility index (Phi) is 3.04. The Bertz CT molecular complexity index is 409. The number of fused-ring (bicyclic) bond motifs is 1. The molecule has 94 valence electrons. The summed E-state index contributed by atoms with van der Waals surface area (Å²) in [4.78, 5) is 2.27. The lowest BCUT2D eigenvalue weighted by molar-refractivity contribution is 0.0520. The van der Waals surface area contributed by atoms with Gasteiger partial charge in [-0.05, 0) is 51.0 Å². The predicted octanol–water partition coefficient (Wildman–Crippen LogP) is 2.22. The molecule has 0 aliphatic carbocycles. The molecule has 2 rings (SSSR count). The van der Waals surface area contributed by atoms with Crippen molar-refractivity contribution in [2.75, 3.05) is 18.6 Å². The van der Waals surface area contributed by atoms with Gasteiger partial charge >= 0.3 is 0 Å². The maximum absolute atomic E-state index is 10.2. The van der Waals surface area contributed by atoms with Gasteiger partial charge in [-0.3, -0.25) is 0 Å². The van der Waals surface area contributed by atoms with Crippen LogP contribution in [0.3, 0.4) is 0 Å². The molecule has 3 nitrogen and oxygen atoms in total. The molecule has 1 aliphatic heterocycles. The van der Waals surface area contributed by atoms with E-state index in [-0.39, 0.29) is 6.04 Å². The second-order valence-corrected chi connectivity index (χ2v) is 5.15. The summed E-state index contributed by atoms with van der Waals surface area (Å²) in [5.74, 6) is 0.885. The Labute approximate surface area is 103 Å². The summed E-state index contributed by atoms with van der Waals surface area (Å²) in [6, 6.07) is 6.29. The van der Waals surface area contributed by atoms with Crippen LogP contribution in [0.5, 0.6) is 5.75 Å². The Morgan fingerprint density at radius 3 is 2.71 bits per heavy atom. The molecule has 0 saturated carbocycles. The fraction of sp³-hybridized carbons (Fsp3) is 0.571. The minimum atomic E-state index is -0.692. The largest absolute Gasteiger partial charge is 0.497 e. The maximum atomic E-state index is 10.2. The van der Waals surface area contributed by atoms with Gasteiger partial charge in [0.05, 0.1) is 18.8 Å². The van der Waals surface area contributed by atoms with Gasteiger partial charge in [0.2, 0.25) is 0 Å². The van der Waals surface area contributed by atoms with Gasteiger partial charge in [0.1, 0.15) is 5.75 Å². The number of rotatable bonds is 3. The summed E-state index contributed by atoms with van der Waals surface area (Å²) in [5.41, 5.74) is 1.79. The van der Waals surface area contributed by atoms with Crippen molar-refractivity contribution >= 4 is 5.69 Å². The maximum Gasteiger partial charge on any atom is 0.119 e. The molecule has 0 aromatic heterocycles. The van der Waals surface area contributed by atoms with Crippen molar-refractivity contribution < 1.29 is 9.84 Å². The summed E-state index contributed by atoms with van der Waals surface area (Å²) in [7, 11) is 1.68. The molecule has 17 heavy (non-hydrogen) atoms. The lowest BCUT2D eigenvalue weighted by atomic mass is 9.95. The van der Waals surface area contributed by atoms with Crippen molar-refractivity contribution in [3.05, 3.63) is 23.8 Å². The Balaban J connectivity index is 2.37. The lowest BCUT2D eigenvalue weighted by Crippen LogP contribution is -2.47. The average Bonchev–Trinajstić information content (AvgIpc) is 2.65. The van der Waals surface area contributed by atoms with Crippen LogP contribution in [0.1, 0.15) is 26.3 Å². The normalized spacial score (nSPS) is 19.4. The minimum Gasteiger partial charge on any atom is -0.497 e. The van der Waals surface area contributed by atoms with Gasteiger partial charge in [0.15, 0.2) is 0 Å². The molecule has 1 aliphatic rings. The lowest BCUT2D eigenvalue weighted by Gasteiger charge is -2.34. The molecule has 0 saturated heterocycles. The van der Waals surface area contributed by atoms with E-state index in [1.165, 1.54) is 11.3 Å². The Morgan fingerprint density at radius 2 is 2.18 bits per heavy atom. The number of aliphatic hydroxyl groups is 1. The van der Waals surface area contributed by atoms with Crippen LogP contribution in [0.25, 0.3) is 0 Å². The van der Waals surface area contributed by atoms with E-state index >= 15 is 0 Å². The van der Waals surface area contributed by atoms with E-state index in [1.807, 2.05) is 19.9 Å². The highest BCUT2D eigenvalue weighted by molar-refractivity contribution is 5.62. The first-order valence-corrected chi connectivity index (χ1v) is 6.13. The zero-order valence-corrected chi connectivity index (χ0v) is 11.0. The number of benzene rings is 1. The standard InChI is InChI=1S/C14H21NO2/c1-5-15-12-7-6-11(17-4)8-10(12)9-13(15)14(2,3)16/h6-8,13,16H,5,9H2,1-4H3. The van der Waals surface area contributed by atoms with Gasteiger partial charge in [-0.2, -0.15) is 0 Å². The molecule has 1 N–H and O–H groups in total. The smallest absolute Gasteiger partial charge is 0.119 e. The highest BCUT2D eigenvalue weighted by Gasteiger charge is 2.37. The zero-order valence-electron chi connectivity index (χ0n) is 11.0. The van der Waals surface area contributed by atoms with Gasteiger partial charge in [-0.15, -0.1) is 0 Å². The Hall–Kier alpha value is -1.22. The van der Waals surface area contributed by atoms with E-state index in [2.05, 4.69) is 24.0 Å². The number of ether oxygens (including phenoxy) is 1. The number of likely N-dealkylation sites (N-methyl/N-ethyl adjacent to an activating group) is 1. The number of nitrogens with zero attached hydrogens (tertiary/aromatic N) is 1. The molecule has 0 bridgehead atoms. The first-order chi connectivity index (χ1) is 7.97. The van der Waals surface area contributed by atoms with E-state index in [1.54, 1.807) is 7.11 Å². The van der Waals surface area contributed by atoms with Crippen LogP contribution < -0.4 is 9.64 Å². The molecule has 1 aromatic rings. The number of hydrogen-bond donors (Lipinski definition) is 1. The summed E-state index contributed by atoms with van der Waals surface area (Å²) >= 11 is 0. The van der Waals surface area contributed by atoms with E-state index < -0.39 is 5.60 Å². The second-order valence-electron chi connectivity index (χ2n) is 5.15. The van der Waals surface area contributed by atoms with Crippen LogP contribution in [-0.4, -0.2) is 30.4 Å². The number of methoxy groups -OCH3 is 1. The summed E-state index contributed by atoms with van der Waals surface area (Å²) in [6.07, 6.45) is 0.879. The van der Waals surface area contributed by atoms with E-state index in [0.29, 0.717) is 0 Å². The third-order valence-electron chi connectivity index (χ3n) is 3.54. The van der Waals surface area contributed by atoms with E-state index in [9.17, 15) is 5.11 Å². The highest BCUT2D eigenvalue weighted by Crippen LogP contribution is 2.38. The van der Waals surface area contributed by atoms with Gasteiger partial charge in [0, 0.05) is 12.2 Å². The van der Waals surface area contributed by atoms with Crippen LogP contribution >= 0.6 is 0 Å². The third-order valence-corrected chi connectivity index (χ3v) is 3.54. The van der Waals surface area contributed by atoms with Crippen LogP contribution in [0.2, 0.25) is 0 Å². The van der Waals surface area contributed by atoms with Crippen molar-refractivity contribution in [3.8, 4) is 5.75 Å². The average molecular weight is 235 g/mol. The van der Waals surface area contributed by atoms with Crippen molar-refractivity contribution in [1.82, 2.24) is 0 Å².